The number of pyridine rings is 1. The first-order valence-corrected chi connectivity index (χ1v) is 8.45. The van der Waals surface area contributed by atoms with Crippen LogP contribution in [0.15, 0.2) is 36.5 Å². The molecule has 0 saturated heterocycles. The summed E-state index contributed by atoms with van der Waals surface area (Å²) < 4.78 is 5.96. The number of rotatable bonds is 8. The van der Waals surface area contributed by atoms with Gasteiger partial charge in [-0.1, -0.05) is 18.2 Å². The fourth-order valence-corrected chi connectivity index (χ4v) is 2.82. The number of hydrogen-bond acceptors (Lipinski definition) is 4. The zero-order valence-corrected chi connectivity index (χ0v) is 15.3. The number of nitrogens with zero attached hydrogens (tertiary/aromatic N) is 2. The first kappa shape index (κ1) is 18.9. The molecular formula is C20H26N2O3. The average Bonchev–Trinajstić information content (AvgIpc) is 2.54. The second kappa shape index (κ2) is 8.62. The quantitative estimate of drug-likeness (QED) is 0.794. The molecule has 0 atom stereocenters. The van der Waals surface area contributed by atoms with Crippen molar-refractivity contribution in [3.05, 3.63) is 58.9 Å². The molecule has 2 aromatic rings. The molecule has 0 bridgehead atoms. The van der Waals surface area contributed by atoms with E-state index >= 15 is 0 Å². The van der Waals surface area contributed by atoms with Crippen molar-refractivity contribution < 1.29 is 14.6 Å². The number of aryl methyl sites for hydroxylation is 2. The van der Waals surface area contributed by atoms with Crippen LogP contribution in [0.1, 0.15) is 36.2 Å². The maximum atomic E-state index is 11.0. The molecule has 5 heteroatoms. The van der Waals surface area contributed by atoms with Gasteiger partial charge in [0.15, 0.2) is 0 Å². The molecule has 1 heterocycles. The fourth-order valence-electron chi connectivity index (χ4n) is 2.82. The Balaban J connectivity index is 2.11. The molecule has 134 valence electrons. The molecule has 5 nitrogen and oxygen atoms in total. The van der Waals surface area contributed by atoms with E-state index in [1.165, 1.54) is 0 Å². The molecule has 0 spiro atoms. The predicted molar refractivity (Wildman–Crippen MR) is 97.7 cm³/mol. The van der Waals surface area contributed by atoms with Crippen LogP contribution in [-0.2, 0) is 17.9 Å². The molecule has 1 aromatic heterocycles. The molecule has 0 amide bonds. The van der Waals surface area contributed by atoms with Gasteiger partial charge < -0.3 is 9.84 Å². The van der Waals surface area contributed by atoms with E-state index in [0.717, 1.165) is 28.1 Å². The van der Waals surface area contributed by atoms with Crippen molar-refractivity contribution in [2.45, 2.75) is 46.9 Å². The van der Waals surface area contributed by atoms with E-state index in [1.54, 1.807) is 6.20 Å². The molecule has 0 aliphatic heterocycles. The smallest absolute Gasteiger partial charge is 0.317 e. The van der Waals surface area contributed by atoms with Crippen LogP contribution < -0.4 is 4.74 Å². The molecule has 2 rings (SSSR count). The number of hydrogen-bond donors (Lipinski definition) is 1. The van der Waals surface area contributed by atoms with E-state index in [0.29, 0.717) is 13.2 Å². The Hall–Kier alpha value is -2.40. The number of carbonyl (C=O) groups is 1. The van der Waals surface area contributed by atoms with Gasteiger partial charge in [0.1, 0.15) is 12.4 Å². The normalized spacial score (nSPS) is 11.1. The Morgan fingerprint density at radius 1 is 1.24 bits per heavy atom. The molecule has 1 aromatic carbocycles. The lowest BCUT2D eigenvalue weighted by atomic mass is 10.0. The van der Waals surface area contributed by atoms with Crippen molar-refractivity contribution in [3.8, 4) is 5.75 Å². The van der Waals surface area contributed by atoms with E-state index in [4.69, 9.17) is 9.84 Å². The summed E-state index contributed by atoms with van der Waals surface area (Å²) in [6.45, 7) is 9.11. The van der Waals surface area contributed by atoms with Crippen LogP contribution in [0.4, 0.5) is 0 Å². The Labute approximate surface area is 149 Å². The van der Waals surface area contributed by atoms with E-state index in [9.17, 15) is 4.79 Å². The molecule has 0 aliphatic carbocycles. The van der Waals surface area contributed by atoms with E-state index < -0.39 is 5.97 Å². The lowest BCUT2D eigenvalue weighted by molar-refractivity contribution is -0.138. The maximum absolute atomic E-state index is 11.0. The van der Waals surface area contributed by atoms with Crippen molar-refractivity contribution in [2.75, 3.05) is 6.54 Å². The van der Waals surface area contributed by atoms with Gasteiger partial charge in [-0.2, -0.15) is 0 Å². The van der Waals surface area contributed by atoms with Gasteiger partial charge in [-0.3, -0.25) is 14.7 Å². The van der Waals surface area contributed by atoms with Gasteiger partial charge in [0, 0.05) is 18.8 Å². The summed E-state index contributed by atoms with van der Waals surface area (Å²) in [5.74, 6) is 0.0567. The number of carboxylic acids is 1. The van der Waals surface area contributed by atoms with Crippen molar-refractivity contribution in [3.63, 3.8) is 0 Å². The SMILES string of the molecule is Cc1cc(CN(CC(=O)O)C(C)C)cc(C)c1OCc1ccccn1. The fraction of sp³-hybridized carbons (Fsp3) is 0.400. The van der Waals surface area contributed by atoms with Crippen molar-refractivity contribution in [1.29, 1.82) is 0 Å². The predicted octanol–water partition coefficient (Wildman–Crippen LogP) is 3.57. The highest BCUT2D eigenvalue weighted by atomic mass is 16.5. The second-order valence-corrected chi connectivity index (χ2v) is 6.56. The maximum Gasteiger partial charge on any atom is 0.317 e. The summed E-state index contributed by atoms with van der Waals surface area (Å²) in [5.41, 5.74) is 4.07. The summed E-state index contributed by atoms with van der Waals surface area (Å²) in [5, 5.41) is 9.07. The van der Waals surface area contributed by atoms with Gasteiger partial charge in [0.25, 0.3) is 0 Å². The molecule has 0 unspecified atom stereocenters. The zero-order chi connectivity index (χ0) is 18.4. The lowest BCUT2D eigenvalue weighted by Gasteiger charge is -2.25. The Morgan fingerprint density at radius 2 is 1.92 bits per heavy atom. The molecule has 0 aliphatic rings. The van der Waals surface area contributed by atoms with Crippen LogP contribution in [-0.4, -0.2) is 33.5 Å². The highest BCUT2D eigenvalue weighted by Gasteiger charge is 2.15. The van der Waals surface area contributed by atoms with Crippen LogP contribution >= 0.6 is 0 Å². The minimum Gasteiger partial charge on any atom is -0.487 e. The number of benzene rings is 1. The molecule has 0 radical (unpaired) electrons. The molecule has 0 saturated carbocycles. The molecular weight excluding hydrogens is 316 g/mol. The van der Waals surface area contributed by atoms with Crippen molar-refractivity contribution in [1.82, 2.24) is 9.88 Å². The van der Waals surface area contributed by atoms with Crippen LogP contribution in [0, 0.1) is 13.8 Å². The van der Waals surface area contributed by atoms with Gasteiger partial charge in [-0.25, -0.2) is 0 Å². The zero-order valence-electron chi connectivity index (χ0n) is 15.3. The van der Waals surface area contributed by atoms with Gasteiger partial charge in [-0.15, -0.1) is 0 Å². The average molecular weight is 342 g/mol. The number of aromatic nitrogens is 1. The Bertz CT molecular complexity index is 691. The van der Waals surface area contributed by atoms with Gasteiger partial charge in [-0.05, 0) is 56.5 Å². The van der Waals surface area contributed by atoms with Crippen LogP contribution in [0.5, 0.6) is 5.75 Å². The first-order chi connectivity index (χ1) is 11.9. The Morgan fingerprint density at radius 3 is 2.44 bits per heavy atom. The summed E-state index contributed by atoms with van der Waals surface area (Å²) in [6.07, 6.45) is 1.75. The van der Waals surface area contributed by atoms with Crippen LogP contribution in [0.2, 0.25) is 0 Å². The summed E-state index contributed by atoms with van der Waals surface area (Å²) in [4.78, 5) is 17.2. The van der Waals surface area contributed by atoms with Crippen LogP contribution in [0.25, 0.3) is 0 Å². The number of ether oxygens (including phenoxy) is 1. The third kappa shape index (κ3) is 5.57. The topological polar surface area (TPSA) is 62.7 Å². The number of carboxylic acid groups (broad SMARTS) is 1. The molecule has 0 fully saturated rings. The van der Waals surface area contributed by atoms with Gasteiger partial charge >= 0.3 is 5.97 Å². The van der Waals surface area contributed by atoms with Crippen LogP contribution in [0.3, 0.4) is 0 Å². The largest absolute Gasteiger partial charge is 0.487 e. The summed E-state index contributed by atoms with van der Waals surface area (Å²) in [6, 6.07) is 10.1. The highest BCUT2D eigenvalue weighted by Crippen LogP contribution is 2.26. The van der Waals surface area contributed by atoms with E-state index in [-0.39, 0.29) is 12.6 Å². The lowest BCUT2D eigenvalue weighted by Crippen LogP contribution is -2.35. The third-order valence-corrected chi connectivity index (χ3v) is 4.06. The van der Waals surface area contributed by atoms with Gasteiger partial charge in [0.2, 0.25) is 0 Å². The van der Waals surface area contributed by atoms with Crippen molar-refractivity contribution in [2.24, 2.45) is 0 Å². The highest BCUT2D eigenvalue weighted by molar-refractivity contribution is 5.69. The summed E-state index contributed by atoms with van der Waals surface area (Å²) in [7, 11) is 0. The minimum atomic E-state index is -0.808. The second-order valence-electron chi connectivity index (χ2n) is 6.56. The summed E-state index contributed by atoms with van der Waals surface area (Å²) >= 11 is 0. The number of aliphatic carboxylic acids is 1. The third-order valence-electron chi connectivity index (χ3n) is 4.06. The minimum absolute atomic E-state index is 0.0354. The monoisotopic (exact) mass is 342 g/mol. The standard InChI is InChI=1S/C20H26N2O3/c1-14(2)22(12-19(23)24)11-17-9-15(3)20(16(4)10-17)25-13-18-7-5-6-8-21-18/h5-10,14H,11-13H2,1-4H3,(H,23,24). The molecule has 1 N–H and O–H groups in total. The van der Waals surface area contributed by atoms with Crippen molar-refractivity contribution >= 4 is 5.97 Å². The molecule has 25 heavy (non-hydrogen) atoms. The first-order valence-electron chi connectivity index (χ1n) is 8.45. The van der Waals surface area contributed by atoms with E-state index in [1.807, 2.05) is 50.8 Å². The van der Waals surface area contributed by atoms with Gasteiger partial charge in [0.05, 0.1) is 12.2 Å². The van der Waals surface area contributed by atoms with E-state index in [2.05, 4.69) is 17.1 Å². The Kier molecular flexibility index (Phi) is 6.53.